The lowest BCUT2D eigenvalue weighted by atomic mass is 10.0. The Labute approximate surface area is 86.6 Å². The van der Waals surface area contributed by atoms with Crippen LogP contribution in [0.5, 0.6) is 0 Å². The molecule has 1 fully saturated rings. The quantitative estimate of drug-likeness (QED) is 0.656. The summed E-state index contributed by atoms with van der Waals surface area (Å²) in [4.78, 5) is 11.5. The van der Waals surface area contributed by atoms with Crippen molar-refractivity contribution in [3.05, 3.63) is 0 Å². The Morgan fingerprint density at radius 2 is 2.29 bits per heavy atom. The molecule has 0 aliphatic carbocycles. The minimum atomic E-state index is 0.00327. The van der Waals surface area contributed by atoms with E-state index in [1.807, 2.05) is 0 Å². The van der Waals surface area contributed by atoms with Crippen LogP contribution in [0.1, 0.15) is 46.0 Å². The number of carbonyl (C=O) groups excluding carboxylic acids is 1. The first-order valence-corrected chi connectivity index (χ1v) is 5.68. The van der Waals surface area contributed by atoms with Crippen LogP contribution < -0.4 is 10.6 Å². The summed E-state index contributed by atoms with van der Waals surface area (Å²) < 4.78 is 0. The lowest BCUT2D eigenvalue weighted by molar-refractivity contribution is -0.122. The first-order valence-electron chi connectivity index (χ1n) is 5.68. The normalized spacial score (nSPS) is 26.4. The van der Waals surface area contributed by atoms with E-state index < -0.39 is 0 Å². The number of amides is 1. The second-order valence-electron chi connectivity index (χ2n) is 4.49. The molecule has 0 spiro atoms. The Morgan fingerprint density at radius 1 is 1.50 bits per heavy atom. The molecule has 0 aromatic rings. The van der Waals surface area contributed by atoms with Crippen molar-refractivity contribution < 1.29 is 4.79 Å². The molecule has 82 valence electrons. The Bertz CT molecular complexity index is 186. The van der Waals surface area contributed by atoms with Gasteiger partial charge in [-0.05, 0) is 26.3 Å². The predicted octanol–water partition coefficient (Wildman–Crippen LogP) is 1.43. The highest BCUT2D eigenvalue weighted by Crippen LogP contribution is 2.13. The fourth-order valence-corrected chi connectivity index (χ4v) is 1.86. The summed E-state index contributed by atoms with van der Waals surface area (Å²) in [6.45, 7) is 6.20. The van der Waals surface area contributed by atoms with Crippen LogP contribution in [-0.2, 0) is 4.79 Å². The molecule has 1 heterocycles. The van der Waals surface area contributed by atoms with E-state index in [9.17, 15) is 4.79 Å². The number of unbranched alkanes of at least 4 members (excludes halogenated alkanes) is 2. The molecule has 0 radical (unpaired) electrons. The van der Waals surface area contributed by atoms with Gasteiger partial charge in [-0.3, -0.25) is 4.79 Å². The largest absolute Gasteiger partial charge is 0.350 e. The van der Waals surface area contributed by atoms with E-state index in [0.717, 1.165) is 32.4 Å². The van der Waals surface area contributed by atoms with Gasteiger partial charge in [0, 0.05) is 13.0 Å². The maximum Gasteiger partial charge on any atom is 0.220 e. The molecule has 3 nitrogen and oxygen atoms in total. The summed E-state index contributed by atoms with van der Waals surface area (Å²) in [5.41, 5.74) is 0.00327. The van der Waals surface area contributed by atoms with Gasteiger partial charge in [0.1, 0.15) is 0 Å². The van der Waals surface area contributed by atoms with Gasteiger partial charge in [0.2, 0.25) is 5.91 Å². The Morgan fingerprint density at radius 3 is 2.86 bits per heavy atom. The van der Waals surface area contributed by atoms with Crippen LogP contribution in [0.3, 0.4) is 0 Å². The first kappa shape index (κ1) is 11.5. The summed E-state index contributed by atoms with van der Waals surface area (Å²) in [6.07, 6.45) is 5.08. The smallest absolute Gasteiger partial charge is 0.220 e. The van der Waals surface area contributed by atoms with Crippen molar-refractivity contribution in [1.29, 1.82) is 0 Å². The molecule has 1 aliphatic heterocycles. The molecule has 1 unspecified atom stereocenters. The third kappa shape index (κ3) is 3.66. The van der Waals surface area contributed by atoms with E-state index in [0.29, 0.717) is 6.42 Å². The van der Waals surface area contributed by atoms with Gasteiger partial charge in [-0.1, -0.05) is 19.8 Å². The Kier molecular flexibility index (Phi) is 4.39. The van der Waals surface area contributed by atoms with E-state index in [-0.39, 0.29) is 11.4 Å². The number of rotatable bonds is 5. The maximum absolute atomic E-state index is 11.5. The van der Waals surface area contributed by atoms with E-state index in [2.05, 4.69) is 24.5 Å². The average Bonchev–Trinajstić information content (AvgIpc) is 2.52. The zero-order chi connectivity index (χ0) is 10.4. The van der Waals surface area contributed by atoms with Crippen LogP contribution >= 0.6 is 0 Å². The number of hydrogen-bond donors (Lipinski definition) is 2. The van der Waals surface area contributed by atoms with Gasteiger partial charge in [0.15, 0.2) is 0 Å². The predicted molar refractivity (Wildman–Crippen MR) is 58.2 cm³/mol. The lowest BCUT2D eigenvalue weighted by Gasteiger charge is -2.24. The summed E-state index contributed by atoms with van der Waals surface area (Å²) in [7, 11) is 0. The third-order valence-corrected chi connectivity index (χ3v) is 2.82. The lowest BCUT2D eigenvalue weighted by Crippen LogP contribution is -2.47. The van der Waals surface area contributed by atoms with Crippen molar-refractivity contribution in [2.24, 2.45) is 0 Å². The van der Waals surface area contributed by atoms with Crippen molar-refractivity contribution in [3.63, 3.8) is 0 Å². The van der Waals surface area contributed by atoms with E-state index in [1.54, 1.807) is 0 Å². The minimum Gasteiger partial charge on any atom is -0.350 e. The first-order chi connectivity index (χ1) is 6.66. The highest BCUT2D eigenvalue weighted by Gasteiger charge is 2.29. The molecule has 1 atom stereocenters. The van der Waals surface area contributed by atoms with Crippen molar-refractivity contribution in [2.45, 2.75) is 51.5 Å². The van der Waals surface area contributed by atoms with Crippen molar-refractivity contribution >= 4 is 5.91 Å². The highest BCUT2D eigenvalue weighted by molar-refractivity contribution is 5.76. The summed E-state index contributed by atoms with van der Waals surface area (Å²) in [6, 6.07) is 0. The van der Waals surface area contributed by atoms with Gasteiger partial charge >= 0.3 is 0 Å². The molecular formula is C11H22N2O. The van der Waals surface area contributed by atoms with Crippen LogP contribution in [-0.4, -0.2) is 24.5 Å². The van der Waals surface area contributed by atoms with Crippen LogP contribution in [0.2, 0.25) is 0 Å². The van der Waals surface area contributed by atoms with Gasteiger partial charge < -0.3 is 10.6 Å². The van der Waals surface area contributed by atoms with Crippen LogP contribution in [0.15, 0.2) is 0 Å². The fraction of sp³-hybridized carbons (Fsp3) is 0.909. The van der Waals surface area contributed by atoms with Crippen molar-refractivity contribution in [1.82, 2.24) is 10.6 Å². The monoisotopic (exact) mass is 198 g/mol. The highest BCUT2D eigenvalue weighted by atomic mass is 16.1. The molecule has 1 amide bonds. The van der Waals surface area contributed by atoms with Crippen molar-refractivity contribution in [2.75, 3.05) is 13.1 Å². The molecule has 0 bridgehead atoms. The summed E-state index contributed by atoms with van der Waals surface area (Å²) in [5, 5.41) is 6.38. The Balaban J connectivity index is 2.19. The number of nitrogens with one attached hydrogen (secondary N) is 2. The van der Waals surface area contributed by atoms with Gasteiger partial charge in [0.25, 0.3) is 0 Å². The molecular weight excluding hydrogens is 176 g/mol. The standard InChI is InChI=1S/C11H22N2O/c1-3-4-5-6-10(14)13-11(2)7-8-12-9-11/h12H,3-9H2,1-2H3,(H,13,14). The molecule has 14 heavy (non-hydrogen) atoms. The number of carbonyl (C=O) groups is 1. The molecule has 1 rings (SSSR count). The summed E-state index contributed by atoms with van der Waals surface area (Å²) >= 11 is 0. The van der Waals surface area contributed by atoms with Gasteiger partial charge in [-0.15, -0.1) is 0 Å². The van der Waals surface area contributed by atoms with E-state index in [4.69, 9.17) is 0 Å². The van der Waals surface area contributed by atoms with Gasteiger partial charge in [-0.25, -0.2) is 0 Å². The van der Waals surface area contributed by atoms with Gasteiger partial charge in [0.05, 0.1) is 5.54 Å². The average molecular weight is 198 g/mol. The zero-order valence-corrected chi connectivity index (χ0v) is 9.36. The maximum atomic E-state index is 11.5. The number of hydrogen-bond acceptors (Lipinski definition) is 2. The summed E-state index contributed by atoms with van der Waals surface area (Å²) in [5.74, 6) is 0.213. The fourth-order valence-electron chi connectivity index (χ4n) is 1.86. The van der Waals surface area contributed by atoms with E-state index in [1.165, 1.54) is 6.42 Å². The van der Waals surface area contributed by atoms with E-state index >= 15 is 0 Å². The minimum absolute atomic E-state index is 0.00327. The molecule has 3 heteroatoms. The second-order valence-corrected chi connectivity index (χ2v) is 4.49. The van der Waals surface area contributed by atoms with Crippen LogP contribution in [0, 0.1) is 0 Å². The molecule has 0 aromatic heterocycles. The molecule has 1 saturated heterocycles. The van der Waals surface area contributed by atoms with Crippen LogP contribution in [0.4, 0.5) is 0 Å². The topological polar surface area (TPSA) is 41.1 Å². The molecule has 2 N–H and O–H groups in total. The van der Waals surface area contributed by atoms with Crippen LogP contribution in [0.25, 0.3) is 0 Å². The SMILES string of the molecule is CCCCCC(=O)NC1(C)CCNC1. The third-order valence-electron chi connectivity index (χ3n) is 2.82. The zero-order valence-electron chi connectivity index (χ0n) is 9.36. The Hall–Kier alpha value is -0.570. The molecule has 0 aromatic carbocycles. The second kappa shape index (κ2) is 5.35. The van der Waals surface area contributed by atoms with Crippen molar-refractivity contribution in [3.8, 4) is 0 Å². The molecule has 0 saturated carbocycles. The van der Waals surface area contributed by atoms with Gasteiger partial charge in [-0.2, -0.15) is 0 Å². The molecule has 1 aliphatic rings.